The molecule has 0 aromatic heterocycles. The number of nitrogens with zero attached hydrogens (tertiary/aromatic N) is 1. The molecule has 1 amide bonds. The van der Waals surface area contributed by atoms with Crippen molar-refractivity contribution in [3.63, 3.8) is 0 Å². The van der Waals surface area contributed by atoms with Crippen LogP contribution < -0.4 is 0 Å². The second kappa shape index (κ2) is 5.19. The van der Waals surface area contributed by atoms with Gasteiger partial charge in [0.1, 0.15) is 0 Å². The van der Waals surface area contributed by atoms with Crippen molar-refractivity contribution in [2.75, 3.05) is 13.2 Å². The fraction of sp³-hybridized carbons (Fsp3) is 0.562. The molecule has 0 N–H and O–H groups in total. The van der Waals surface area contributed by atoms with Gasteiger partial charge in [-0.1, -0.05) is 30.3 Å². The molecule has 2 heterocycles. The highest BCUT2D eigenvalue weighted by Gasteiger charge is 2.41. The molecule has 0 bridgehead atoms. The molecule has 3 rings (SSSR count). The normalized spacial score (nSPS) is 28.8. The summed E-state index contributed by atoms with van der Waals surface area (Å²) in [6, 6.07) is 10.4. The number of carbonyl (C=O) groups excluding carboxylic acids is 1. The van der Waals surface area contributed by atoms with Crippen LogP contribution in [-0.4, -0.2) is 35.8 Å². The van der Waals surface area contributed by atoms with E-state index in [1.54, 1.807) is 0 Å². The van der Waals surface area contributed by atoms with Gasteiger partial charge in [-0.3, -0.25) is 4.79 Å². The van der Waals surface area contributed by atoms with Crippen LogP contribution in [0.15, 0.2) is 30.3 Å². The first kappa shape index (κ1) is 13.6. The van der Waals surface area contributed by atoms with Gasteiger partial charge in [0.05, 0.1) is 12.6 Å². The van der Waals surface area contributed by atoms with Crippen molar-refractivity contribution >= 4 is 5.91 Å². The first-order valence-electron chi connectivity index (χ1n) is 7.24. The number of likely N-dealkylation sites (tertiary alicyclic amines) is 1. The smallest absolute Gasteiger partial charge is 0.254 e. The van der Waals surface area contributed by atoms with Crippen LogP contribution in [0.1, 0.15) is 38.3 Å². The van der Waals surface area contributed by atoms with E-state index in [4.69, 9.17) is 9.47 Å². The lowest BCUT2D eigenvalue weighted by molar-refractivity contribution is -0.160. The highest BCUT2D eigenvalue weighted by atomic mass is 16.7. The molecule has 1 aromatic carbocycles. The summed E-state index contributed by atoms with van der Waals surface area (Å²) in [6.07, 6.45) is 1.60. The molecule has 4 nitrogen and oxygen atoms in total. The Morgan fingerprint density at radius 1 is 1.30 bits per heavy atom. The van der Waals surface area contributed by atoms with E-state index in [-0.39, 0.29) is 11.9 Å². The predicted octanol–water partition coefficient (Wildman–Crippen LogP) is 2.50. The number of ether oxygens (including phenoxy) is 2. The fourth-order valence-corrected chi connectivity index (χ4v) is 3.05. The van der Waals surface area contributed by atoms with Crippen molar-refractivity contribution in [3.05, 3.63) is 35.9 Å². The van der Waals surface area contributed by atoms with E-state index in [1.165, 1.54) is 5.56 Å². The van der Waals surface area contributed by atoms with Crippen LogP contribution >= 0.6 is 0 Å². The summed E-state index contributed by atoms with van der Waals surface area (Å²) in [6.45, 7) is 4.85. The monoisotopic (exact) mass is 275 g/mol. The number of hydrogen-bond acceptors (Lipinski definition) is 3. The fourth-order valence-electron chi connectivity index (χ4n) is 3.05. The minimum atomic E-state index is -0.651. The van der Waals surface area contributed by atoms with Crippen molar-refractivity contribution in [2.24, 2.45) is 0 Å². The first-order valence-corrected chi connectivity index (χ1v) is 7.24. The van der Waals surface area contributed by atoms with E-state index in [0.29, 0.717) is 6.61 Å². The molecule has 4 heteroatoms. The number of hydrogen-bond donors (Lipinski definition) is 0. The SMILES string of the molecule is CC1(C)OC[C@H](C(=O)N2CCCC2c2ccccc2)O1. The molecule has 20 heavy (non-hydrogen) atoms. The van der Waals surface area contributed by atoms with Gasteiger partial charge in [-0.05, 0) is 32.3 Å². The first-order chi connectivity index (χ1) is 9.57. The van der Waals surface area contributed by atoms with Crippen LogP contribution in [0.2, 0.25) is 0 Å². The number of rotatable bonds is 2. The summed E-state index contributed by atoms with van der Waals surface area (Å²) in [5.41, 5.74) is 1.21. The Hall–Kier alpha value is -1.39. The van der Waals surface area contributed by atoms with E-state index >= 15 is 0 Å². The minimum Gasteiger partial charge on any atom is -0.347 e. The Bertz CT molecular complexity index is 486. The van der Waals surface area contributed by atoms with Gasteiger partial charge in [0, 0.05) is 6.54 Å². The van der Waals surface area contributed by atoms with Crippen LogP contribution in [-0.2, 0) is 14.3 Å². The molecule has 108 valence electrons. The molecule has 2 aliphatic heterocycles. The number of carbonyl (C=O) groups is 1. The largest absolute Gasteiger partial charge is 0.347 e. The van der Waals surface area contributed by atoms with E-state index in [0.717, 1.165) is 19.4 Å². The van der Waals surface area contributed by atoms with Crippen molar-refractivity contribution in [3.8, 4) is 0 Å². The van der Waals surface area contributed by atoms with Crippen LogP contribution in [0, 0.1) is 0 Å². The van der Waals surface area contributed by atoms with Gasteiger partial charge < -0.3 is 14.4 Å². The maximum absolute atomic E-state index is 12.6. The predicted molar refractivity (Wildman–Crippen MR) is 75.0 cm³/mol. The standard InChI is InChI=1S/C16H21NO3/c1-16(2)19-11-14(20-16)15(18)17-10-6-9-13(17)12-7-4-3-5-8-12/h3-5,7-8,13-14H,6,9-11H2,1-2H3/t13?,14-/m1/s1. The molecule has 2 saturated heterocycles. The molecule has 2 fully saturated rings. The number of benzene rings is 1. The van der Waals surface area contributed by atoms with Crippen LogP contribution in [0.25, 0.3) is 0 Å². The van der Waals surface area contributed by atoms with Gasteiger partial charge in [0.25, 0.3) is 5.91 Å². The molecule has 0 aliphatic carbocycles. The average Bonchev–Trinajstić information content (AvgIpc) is 3.05. The minimum absolute atomic E-state index is 0.0573. The lowest BCUT2D eigenvalue weighted by atomic mass is 10.0. The van der Waals surface area contributed by atoms with Crippen molar-refractivity contribution < 1.29 is 14.3 Å². The third kappa shape index (κ3) is 2.58. The second-order valence-electron chi connectivity index (χ2n) is 5.92. The van der Waals surface area contributed by atoms with Gasteiger partial charge in [-0.15, -0.1) is 0 Å². The summed E-state index contributed by atoms with van der Waals surface area (Å²) in [7, 11) is 0. The Kier molecular flexibility index (Phi) is 3.52. The molecule has 0 saturated carbocycles. The van der Waals surface area contributed by atoms with Crippen LogP contribution in [0.3, 0.4) is 0 Å². The molecule has 0 radical (unpaired) electrons. The third-order valence-corrected chi connectivity index (χ3v) is 4.00. The molecule has 1 aromatic rings. The summed E-state index contributed by atoms with van der Waals surface area (Å²) in [4.78, 5) is 14.6. The molecular weight excluding hydrogens is 254 g/mol. The molecule has 1 unspecified atom stereocenters. The Morgan fingerprint density at radius 3 is 2.70 bits per heavy atom. The van der Waals surface area contributed by atoms with Gasteiger partial charge in [-0.25, -0.2) is 0 Å². The van der Waals surface area contributed by atoms with Crippen LogP contribution in [0.4, 0.5) is 0 Å². The summed E-state index contributed by atoms with van der Waals surface area (Å²) < 4.78 is 11.2. The Balaban J connectivity index is 1.74. The summed E-state index contributed by atoms with van der Waals surface area (Å²) in [5.74, 6) is -0.593. The Labute approximate surface area is 119 Å². The van der Waals surface area contributed by atoms with E-state index in [1.807, 2.05) is 36.9 Å². The van der Waals surface area contributed by atoms with Crippen molar-refractivity contribution in [1.29, 1.82) is 0 Å². The molecule has 2 aliphatic rings. The van der Waals surface area contributed by atoms with Crippen molar-refractivity contribution in [2.45, 2.75) is 44.6 Å². The van der Waals surface area contributed by atoms with Gasteiger partial charge >= 0.3 is 0 Å². The second-order valence-corrected chi connectivity index (χ2v) is 5.92. The number of amides is 1. The lowest BCUT2D eigenvalue weighted by Crippen LogP contribution is -2.40. The molecular formula is C16H21NO3. The van der Waals surface area contributed by atoms with Gasteiger partial charge in [-0.2, -0.15) is 0 Å². The third-order valence-electron chi connectivity index (χ3n) is 4.00. The lowest BCUT2D eigenvalue weighted by Gasteiger charge is -2.27. The molecule has 0 spiro atoms. The van der Waals surface area contributed by atoms with E-state index < -0.39 is 11.9 Å². The maximum Gasteiger partial charge on any atom is 0.254 e. The summed E-state index contributed by atoms with van der Waals surface area (Å²) in [5, 5.41) is 0. The van der Waals surface area contributed by atoms with E-state index in [2.05, 4.69) is 12.1 Å². The summed E-state index contributed by atoms with van der Waals surface area (Å²) >= 11 is 0. The Morgan fingerprint density at radius 2 is 2.05 bits per heavy atom. The van der Waals surface area contributed by atoms with Crippen molar-refractivity contribution in [1.82, 2.24) is 4.90 Å². The van der Waals surface area contributed by atoms with E-state index in [9.17, 15) is 4.79 Å². The zero-order valence-electron chi connectivity index (χ0n) is 12.0. The maximum atomic E-state index is 12.6. The topological polar surface area (TPSA) is 38.8 Å². The quantitative estimate of drug-likeness (QED) is 0.832. The highest BCUT2D eigenvalue weighted by molar-refractivity contribution is 5.82. The van der Waals surface area contributed by atoms with Crippen LogP contribution in [0.5, 0.6) is 0 Å². The van der Waals surface area contributed by atoms with Gasteiger partial charge in [0.2, 0.25) is 0 Å². The highest BCUT2D eigenvalue weighted by Crippen LogP contribution is 2.34. The zero-order valence-corrected chi connectivity index (χ0v) is 12.0. The zero-order chi connectivity index (χ0) is 14.2. The molecule has 2 atom stereocenters. The van der Waals surface area contributed by atoms with Gasteiger partial charge in [0.15, 0.2) is 11.9 Å². The average molecular weight is 275 g/mol.